The second-order valence-corrected chi connectivity index (χ2v) is 10.7. The molecule has 6 heteroatoms. The minimum Gasteiger partial charge on any atom is -0.493 e. The van der Waals surface area contributed by atoms with Crippen molar-refractivity contribution in [1.82, 2.24) is 0 Å². The third-order valence-electron chi connectivity index (χ3n) is 5.00. The van der Waals surface area contributed by atoms with Crippen LogP contribution < -0.4 is 10.4 Å². The summed E-state index contributed by atoms with van der Waals surface area (Å²) >= 11 is 0. The maximum Gasteiger partial charge on any atom is 0.336 e. The zero-order valence-electron chi connectivity index (χ0n) is 16.8. The average molecular weight is 393 g/mol. The summed E-state index contributed by atoms with van der Waals surface area (Å²) in [7, 11) is 1.63. The summed E-state index contributed by atoms with van der Waals surface area (Å²) in [6.45, 7) is 2.81. The standard InChI is InChI=1S/C21H32O5Si/c1-23-27(3,24-2)16-10-8-6-4-5-7-9-15-25-19-13-11-18-12-14-21(22)26-20(18)17-19/h11-14,17H,4-10,15-16H2,1-3H3. The van der Waals surface area contributed by atoms with Crippen LogP contribution >= 0.6 is 0 Å². The lowest BCUT2D eigenvalue weighted by atomic mass is 10.1. The first-order valence-corrected chi connectivity index (χ1v) is 12.4. The summed E-state index contributed by atoms with van der Waals surface area (Å²) in [6, 6.07) is 9.87. The molecule has 5 nitrogen and oxygen atoms in total. The molecule has 27 heavy (non-hydrogen) atoms. The molecule has 1 aromatic carbocycles. The molecule has 0 saturated carbocycles. The van der Waals surface area contributed by atoms with E-state index >= 15 is 0 Å². The Morgan fingerprint density at radius 2 is 1.52 bits per heavy atom. The van der Waals surface area contributed by atoms with Crippen LogP contribution in [0.25, 0.3) is 11.0 Å². The van der Waals surface area contributed by atoms with E-state index in [1.807, 2.05) is 12.1 Å². The Labute approximate surface area is 162 Å². The Kier molecular flexibility index (Phi) is 9.04. The third-order valence-corrected chi connectivity index (χ3v) is 7.99. The lowest BCUT2D eigenvalue weighted by Crippen LogP contribution is -2.35. The molecule has 0 fully saturated rings. The molecule has 150 valence electrons. The van der Waals surface area contributed by atoms with Crippen molar-refractivity contribution in [2.24, 2.45) is 0 Å². The molecule has 0 aliphatic heterocycles. The summed E-state index contributed by atoms with van der Waals surface area (Å²) in [5.74, 6) is 0.750. The Balaban J connectivity index is 1.53. The molecule has 0 N–H and O–H groups in total. The zero-order valence-corrected chi connectivity index (χ0v) is 17.8. The number of rotatable bonds is 13. The van der Waals surface area contributed by atoms with Crippen LogP contribution in [0.2, 0.25) is 12.6 Å². The van der Waals surface area contributed by atoms with E-state index < -0.39 is 8.56 Å². The normalized spacial score (nSPS) is 11.8. The minimum atomic E-state index is -1.88. The largest absolute Gasteiger partial charge is 0.493 e. The van der Waals surface area contributed by atoms with E-state index in [4.69, 9.17) is 18.0 Å². The molecular weight excluding hydrogens is 360 g/mol. The fraction of sp³-hybridized carbons (Fsp3) is 0.571. The van der Waals surface area contributed by atoms with Crippen molar-refractivity contribution < 1.29 is 18.0 Å². The zero-order chi connectivity index (χ0) is 19.5. The van der Waals surface area contributed by atoms with E-state index in [1.165, 1.54) is 44.6 Å². The topological polar surface area (TPSA) is 57.9 Å². The van der Waals surface area contributed by atoms with Gasteiger partial charge in [-0.25, -0.2) is 4.79 Å². The summed E-state index contributed by atoms with van der Waals surface area (Å²) in [5, 5.41) is 0.904. The first-order chi connectivity index (χ1) is 13.1. The SMILES string of the molecule is CO[Si](C)(CCCCCCCCCOc1ccc2ccc(=O)oc2c1)OC. The van der Waals surface area contributed by atoms with Gasteiger partial charge in [0.2, 0.25) is 0 Å². The Morgan fingerprint density at radius 1 is 0.889 bits per heavy atom. The minimum absolute atomic E-state index is 0.337. The summed E-state index contributed by atoms with van der Waals surface area (Å²) in [5.41, 5.74) is 0.233. The van der Waals surface area contributed by atoms with Gasteiger partial charge in [0.15, 0.2) is 0 Å². The van der Waals surface area contributed by atoms with Crippen molar-refractivity contribution in [2.45, 2.75) is 57.5 Å². The van der Waals surface area contributed by atoms with Gasteiger partial charge in [0, 0.05) is 31.7 Å². The fourth-order valence-electron chi connectivity index (χ4n) is 3.04. The molecule has 2 aromatic rings. The number of hydrogen-bond acceptors (Lipinski definition) is 5. The summed E-state index contributed by atoms with van der Waals surface area (Å²) in [4.78, 5) is 11.3. The number of fused-ring (bicyclic) bond motifs is 1. The molecule has 0 bridgehead atoms. The van der Waals surface area contributed by atoms with E-state index in [-0.39, 0.29) is 5.63 Å². The van der Waals surface area contributed by atoms with Gasteiger partial charge in [0.05, 0.1) is 6.61 Å². The monoisotopic (exact) mass is 392 g/mol. The number of unbranched alkanes of at least 4 members (excludes halogenated alkanes) is 6. The molecule has 0 aliphatic carbocycles. The second kappa shape index (κ2) is 11.3. The molecule has 2 rings (SSSR count). The first kappa shape index (κ1) is 21.7. The highest BCUT2D eigenvalue weighted by Crippen LogP contribution is 2.20. The van der Waals surface area contributed by atoms with Crippen LogP contribution in [0.4, 0.5) is 0 Å². The van der Waals surface area contributed by atoms with Gasteiger partial charge in [-0.3, -0.25) is 0 Å². The molecule has 0 amide bonds. The van der Waals surface area contributed by atoms with Crippen LogP contribution in [0.5, 0.6) is 5.75 Å². The van der Waals surface area contributed by atoms with Gasteiger partial charge in [-0.2, -0.15) is 0 Å². The molecule has 1 aromatic heterocycles. The Bertz CT molecular complexity index is 739. The van der Waals surface area contributed by atoms with Gasteiger partial charge >= 0.3 is 14.2 Å². The van der Waals surface area contributed by atoms with Crippen molar-refractivity contribution in [1.29, 1.82) is 0 Å². The Hall–Kier alpha value is -1.63. The van der Waals surface area contributed by atoms with Crippen molar-refractivity contribution in [3.8, 4) is 5.75 Å². The van der Waals surface area contributed by atoms with Crippen LogP contribution in [-0.4, -0.2) is 29.4 Å². The molecule has 1 heterocycles. The van der Waals surface area contributed by atoms with Gasteiger partial charge in [-0.05, 0) is 37.2 Å². The third kappa shape index (κ3) is 7.48. The molecule has 0 atom stereocenters. The van der Waals surface area contributed by atoms with Gasteiger partial charge < -0.3 is 18.0 Å². The van der Waals surface area contributed by atoms with Crippen LogP contribution in [0.15, 0.2) is 39.5 Å². The molecule has 0 radical (unpaired) electrons. The van der Waals surface area contributed by atoms with E-state index in [0.717, 1.165) is 23.6 Å². The van der Waals surface area contributed by atoms with E-state index in [1.54, 1.807) is 26.4 Å². The first-order valence-electron chi connectivity index (χ1n) is 9.83. The molecule has 0 aliphatic rings. The predicted molar refractivity (Wildman–Crippen MR) is 111 cm³/mol. The number of hydrogen-bond donors (Lipinski definition) is 0. The van der Waals surface area contributed by atoms with Gasteiger partial charge in [-0.1, -0.05) is 38.5 Å². The van der Waals surface area contributed by atoms with E-state index in [2.05, 4.69) is 6.55 Å². The van der Waals surface area contributed by atoms with Gasteiger partial charge in [0.25, 0.3) is 0 Å². The quantitative estimate of drug-likeness (QED) is 0.264. The Morgan fingerprint density at radius 3 is 2.22 bits per heavy atom. The van der Waals surface area contributed by atoms with Crippen LogP contribution in [-0.2, 0) is 8.85 Å². The second-order valence-electron chi connectivity index (χ2n) is 7.07. The van der Waals surface area contributed by atoms with Crippen molar-refractivity contribution >= 4 is 19.5 Å². The summed E-state index contributed by atoms with van der Waals surface area (Å²) in [6.07, 6.45) is 8.40. The number of ether oxygens (including phenoxy) is 1. The highest BCUT2D eigenvalue weighted by Gasteiger charge is 2.27. The van der Waals surface area contributed by atoms with Crippen molar-refractivity contribution in [3.63, 3.8) is 0 Å². The molecular formula is C21H32O5Si. The number of benzene rings is 1. The van der Waals surface area contributed by atoms with Crippen molar-refractivity contribution in [2.75, 3.05) is 20.8 Å². The fourth-order valence-corrected chi connectivity index (χ4v) is 4.51. The van der Waals surface area contributed by atoms with Crippen LogP contribution in [0.1, 0.15) is 44.9 Å². The maximum absolute atomic E-state index is 11.3. The van der Waals surface area contributed by atoms with E-state index in [0.29, 0.717) is 12.2 Å². The molecule has 0 saturated heterocycles. The highest BCUT2D eigenvalue weighted by atomic mass is 28.4. The van der Waals surface area contributed by atoms with Gasteiger partial charge in [0.1, 0.15) is 11.3 Å². The predicted octanol–water partition coefficient (Wildman–Crippen LogP) is 5.27. The highest BCUT2D eigenvalue weighted by molar-refractivity contribution is 6.65. The maximum atomic E-state index is 11.3. The smallest absolute Gasteiger partial charge is 0.336 e. The van der Waals surface area contributed by atoms with E-state index in [9.17, 15) is 4.79 Å². The molecule has 0 spiro atoms. The van der Waals surface area contributed by atoms with Crippen molar-refractivity contribution in [3.05, 3.63) is 40.8 Å². The molecule has 0 unspecified atom stereocenters. The van der Waals surface area contributed by atoms with Gasteiger partial charge in [-0.15, -0.1) is 0 Å². The lowest BCUT2D eigenvalue weighted by molar-refractivity contribution is 0.248. The van der Waals surface area contributed by atoms with Crippen LogP contribution in [0, 0.1) is 0 Å². The lowest BCUT2D eigenvalue weighted by Gasteiger charge is -2.22. The van der Waals surface area contributed by atoms with Crippen LogP contribution in [0.3, 0.4) is 0 Å². The summed E-state index contributed by atoms with van der Waals surface area (Å²) < 4.78 is 22.0. The average Bonchev–Trinajstić information content (AvgIpc) is 2.68.